The number of hydrogen-bond acceptors (Lipinski definition) is 1. The molecule has 0 saturated carbocycles. The number of rotatable bonds is 1. The Bertz CT molecular complexity index is 406. The number of benzene rings is 1. The van der Waals surface area contributed by atoms with E-state index in [1.54, 1.807) is 6.92 Å². The van der Waals surface area contributed by atoms with E-state index < -0.39 is 11.6 Å². The number of amides is 1. The Morgan fingerprint density at radius 3 is 2.73 bits per heavy atom. The molecule has 1 saturated heterocycles. The molecule has 0 radical (unpaired) electrons. The summed E-state index contributed by atoms with van der Waals surface area (Å²) in [4.78, 5) is 11.1. The summed E-state index contributed by atoms with van der Waals surface area (Å²) in [5.41, 5.74) is 0.279. The average Bonchev–Trinajstić information content (AvgIpc) is 2.50. The summed E-state index contributed by atoms with van der Waals surface area (Å²) in [5.74, 6) is -2.09. The van der Waals surface area contributed by atoms with Crippen LogP contribution in [0.25, 0.3) is 0 Å². The zero-order valence-corrected chi connectivity index (χ0v) is 8.26. The van der Waals surface area contributed by atoms with Crippen LogP contribution >= 0.6 is 0 Å². The minimum Gasteiger partial charge on any atom is -0.353 e. The number of hydrogen-bond donors (Lipinski definition) is 1. The molecule has 0 aromatic heterocycles. The molecule has 1 heterocycles. The molecule has 2 rings (SSSR count). The van der Waals surface area contributed by atoms with Gasteiger partial charge in [0, 0.05) is 18.4 Å². The molecular weight excluding hydrogens is 200 g/mol. The van der Waals surface area contributed by atoms with Crippen LogP contribution in [0.3, 0.4) is 0 Å². The fourth-order valence-corrected chi connectivity index (χ4v) is 1.98. The van der Waals surface area contributed by atoms with Crippen LogP contribution < -0.4 is 5.32 Å². The number of halogens is 2. The molecular formula is C11H11F2NO. The van der Waals surface area contributed by atoms with Gasteiger partial charge in [-0.1, -0.05) is 12.1 Å². The Morgan fingerprint density at radius 1 is 1.40 bits per heavy atom. The SMILES string of the molecule is CC1NC(=O)CC1c1cccc(F)c1F. The van der Waals surface area contributed by atoms with Crippen molar-refractivity contribution in [2.45, 2.75) is 25.3 Å². The van der Waals surface area contributed by atoms with Crippen molar-refractivity contribution in [2.24, 2.45) is 0 Å². The average molecular weight is 211 g/mol. The zero-order chi connectivity index (χ0) is 11.0. The molecule has 0 bridgehead atoms. The van der Waals surface area contributed by atoms with E-state index in [9.17, 15) is 13.6 Å². The minimum atomic E-state index is -0.862. The van der Waals surface area contributed by atoms with Crippen LogP contribution in [0.1, 0.15) is 24.8 Å². The van der Waals surface area contributed by atoms with Gasteiger partial charge in [-0.3, -0.25) is 4.79 Å². The van der Waals surface area contributed by atoms with Gasteiger partial charge in [-0.15, -0.1) is 0 Å². The van der Waals surface area contributed by atoms with Crippen molar-refractivity contribution in [3.05, 3.63) is 35.4 Å². The third-order valence-corrected chi connectivity index (χ3v) is 2.78. The van der Waals surface area contributed by atoms with Crippen molar-refractivity contribution in [3.63, 3.8) is 0 Å². The highest BCUT2D eigenvalue weighted by molar-refractivity contribution is 5.80. The van der Waals surface area contributed by atoms with Crippen molar-refractivity contribution >= 4 is 5.91 Å². The zero-order valence-electron chi connectivity index (χ0n) is 8.26. The van der Waals surface area contributed by atoms with Crippen LogP contribution in [0.2, 0.25) is 0 Å². The summed E-state index contributed by atoms with van der Waals surface area (Å²) in [7, 11) is 0. The van der Waals surface area contributed by atoms with Crippen LogP contribution in [0.4, 0.5) is 8.78 Å². The monoisotopic (exact) mass is 211 g/mol. The van der Waals surface area contributed by atoms with E-state index in [-0.39, 0.29) is 29.9 Å². The first kappa shape index (κ1) is 10.1. The first-order valence-electron chi connectivity index (χ1n) is 4.83. The molecule has 0 spiro atoms. The van der Waals surface area contributed by atoms with E-state index in [0.717, 1.165) is 6.07 Å². The van der Waals surface area contributed by atoms with Crippen LogP contribution in [0, 0.1) is 11.6 Å². The molecule has 2 unspecified atom stereocenters. The van der Waals surface area contributed by atoms with Crippen LogP contribution in [0.5, 0.6) is 0 Å². The number of carbonyl (C=O) groups excluding carboxylic acids is 1. The van der Waals surface area contributed by atoms with Crippen LogP contribution in [-0.4, -0.2) is 11.9 Å². The Hall–Kier alpha value is -1.45. The normalized spacial score (nSPS) is 25.4. The van der Waals surface area contributed by atoms with Crippen molar-refractivity contribution in [1.82, 2.24) is 5.32 Å². The highest BCUT2D eigenvalue weighted by Crippen LogP contribution is 2.30. The smallest absolute Gasteiger partial charge is 0.220 e. The molecule has 1 aromatic rings. The third-order valence-electron chi connectivity index (χ3n) is 2.78. The molecule has 2 nitrogen and oxygen atoms in total. The lowest BCUT2D eigenvalue weighted by atomic mass is 9.92. The van der Waals surface area contributed by atoms with Gasteiger partial charge < -0.3 is 5.32 Å². The molecule has 15 heavy (non-hydrogen) atoms. The molecule has 1 aliphatic heterocycles. The van der Waals surface area contributed by atoms with Crippen molar-refractivity contribution in [2.75, 3.05) is 0 Å². The van der Waals surface area contributed by atoms with Gasteiger partial charge in [-0.2, -0.15) is 0 Å². The molecule has 0 aliphatic carbocycles. The quantitative estimate of drug-likeness (QED) is 0.755. The van der Waals surface area contributed by atoms with Gasteiger partial charge in [0.15, 0.2) is 11.6 Å². The summed E-state index contributed by atoms with van der Waals surface area (Å²) in [6.07, 6.45) is 0.224. The van der Waals surface area contributed by atoms with E-state index in [2.05, 4.69) is 5.32 Å². The Kier molecular flexibility index (Phi) is 2.42. The van der Waals surface area contributed by atoms with Crippen molar-refractivity contribution < 1.29 is 13.6 Å². The molecule has 4 heteroatoms. The van der Waals surface area contributed by atoms with Crippen molar-refractivity contribution in [3.8, 4) is 0 Å². The molecule has 1 fully saturated rings. The van der Waals surface area contributed by atoms with E-state index >= 15 is 0 Å². The summed E-state index contributed by atoms with van der Waals surface area (Å²) in [6.45, 7) is 1.79. The Morgan fingerprint density at radius 2 is 2.13 bits per heavy atom. The fourth-order valence-electron chi connectivity index (χ4n) is 1.98. The molecule has 1 N–H and O–H groups in total. The Labute approximate surface area is 86.3 Å². The largest absolute Gasteiger partial charge is 0.353 e. The summed E-state index contributed by atoms with van der Waals surface area (Å²) in [6, 6.07) is 3.92. The predicted octanol–water partition coefficient (Wildman–Crippen LogP) is 1.96. The number of carbonyl (C=O) groups is 1. The lowest BCUT2D eigenvalue weighted by molar-refractivity contribution is -0.119. The van der Waals surface area contributed by atoms with Gasteiger partial charge >= 0.3 is 0 Å². The minimum absolute atomic E-state index is 0.115. The maximum atomic E-state index is 13.4. The van der Waals surface area contributed by atoms with Crippen molar-refractivity contribution in [1.29, 1.82) is 0 Å². The van der Waals surface area contributed by atoms with Gasteiger partial charge in [0.1, 0.15) is 0 Å². The predicted molar refractivity (Wildman–Crippen MR) is 51.3 cm³/mol. The standard InChI is InChI=1S/C11H11F2NO/c1-6-8(5-10(15)14-6)7-3-2-4-9(12)11(7)13/h2-4,6,8H,5H2,1H3,(H,14,15). The molecule has 1 amide bonds. The first-order chi connectivity index (χ1) is 7.09. The van der Waals surface area contributed by atoms with Crippen LogP contribution in [0.15, 0.2) is 18.2 Å². The van der Waals surface area contributed by atoms with Gasteiger partial charge in [0.05, 0.1) is 0 Å². The summed E-state index contributed by atoms with van der Waals surface area (Å²) >= 11 is 0. The van der Waals surface area contributed by atoms with E-state index in [1.807, 2.05) is 0 Å². The Balaban J connectivity index is 2.37. The highest BCUT2D eigenvalue weighted by atomic mass is 19.2. The highest BCUT2D eigenvalue weighted by Gasteiger charge is 2.32. The summed E-state index contributed by atoms with van der Waals surface area (Å²) in [5, 5.41) is 2.68. The summed E-state index contributed by atoms with van der Waals surface area (Å²) < 4.78 is 26.4. The first-order valence-corrected chi connectivity index (χ1v) is 4.83. The second-order valence-corrected chi connectivity index (χ2v) is 3.81. The second-order valence-electron chi connectivity index (χ2n) is 3.81. The maximum absolute atomic E-state index is 13.4. The molecule has 2 atom stereocenters. The molecule has 1 aliphatic rings. The fraction of sp³-hybridized carbons (Fsp3) is 0.364. The van der Waals surface area contributed by atoms with E-state index in [4.69, 9.17) is 0 Å². The lowest BCUT2D eigenvalue weighted by Crippen LogP contribution is -2.24. The lowest BCUT2D eigenvalue weighted by Gasteiger charge is -2.15. The second kappa shape index (κ2) is 3.61. The maximum Gasteiger partial charge on any atom is 0.220 e. The van der Waals surface area contributed by atoms with Gasteiger partial charge in [0.25, 0.3) is 0 Å². The van der Waals surface area contributed by atoms with Gasteiger partial charge in [0.2, 0.25) is 5.91 Å². The molecule has 1 aromatic carbocycles. The topological polar surface area (TPSA) is 29.1 Å². The van der Waals surface area contributed by atoms with Crippen LogP contribution in [-0.2, 0) is 4.79 Å². The third kappa shape index (κ3) is 1.71. The molecule has 80 valence electrons. The van der Waals surface area contributed by atoms with Gasteiger partial charge in [-0.05, 0) is 18.6 Å². The van der Waals surface area contributed by atoms with E-state index in [1.165, 1.54) is 12.1 Å². The number of nitrogens with one attached hydrogen (secondary N) is 1. The van der Waals surface area contributed by atoms with Gasteiger partial charge in [-0.25, -0.2) is 8.78 Å². The van der Waals surface area contributed by atoms with E-state index in [0.29, 0.717) is 0 Å².